The molecule has 0 heterocycles. The van der Waals surface area contributed by atoms with Crippen LogP contribution in [0.4, 0.5) is 0 Å². The van der Waals surface area contributed by atoms with Crippen molar-refractivity contribution in [3.63, 3.8) is 0 Å². The van der Waals surface area contributed by atoms with Crippen LogP contribution in [0.3, 0.4) is 0 Å². The SMILES string of the molecule is COc1ccc(OC)c(CCCCN)c1Br. The molecule has 0 aromatic heterocycles. The maximum Gasteiger partial charge on any atom is 0.133 e. The Balaban J connectivity index is 2.92. The third kappa shape index (κ3) is 3.12. The monoisotopic (exact) mass is 287 g/mol. The standard InChI is InChI=1S/C12H18BrNO2/c1-15-10-6-7-11(16-2)12(13)9(10)5-3-4-8-14/h6-7H,3-5,8,14H2,1-2H3. The van der Waals surface area contributed by atoms with Gasteiger partial charge in [-0.1, -0.05) is 0 Å². The van der Waals surface area contributed by atoms with E-state index in [0.717, 1.165) is 47.3 Å². The Morgan fingerprint density at radius 1 is 1.12 bits per heavy atom. The van der Waals surface area contributed by atoms with Gasteiger partial charge in [-0.3, -0.25) is 0 Å². The second-order valence-corrected chi connectivity index (χ2v) is 4.30. The zero-order valence-electron chi connectivity index (χ0n) is 9.75. The summed E-state index contributed by atoms with van der Waals surface area (Å²) in [6.45, 7) is 0.726. The highest BCUT2D eigenvalue weighted by atomic mass is 79.9. The van der Waals surface area contributed by atoms with E-state index in [4.69, 9.17) is 15.2 Å². The van der Waals surface area contributed by atoms with Crippen molar-refractivity contribution in [2.75, 3.05) is 20.8 Å². The Morgan fingerprint density at radius 2 is 1.75 bits per heavy atom. The number of hydrogen-bond donors (Lipinski definition) is 1. The van der Waals surface area contributed by atoms with Crippen molar-refractivity contribution in [3.05, 3.63) is 22.2 Å². The molecule has 0 radical (unpaired) electrons. The van der Waals surface area contributed by atoms with Crippen LogP contribution in [-0.4, -0.2) is 20.8 Å². The van der Waals surface area contributed by atoms with Crippen LogP contribution < -0.4 is 15.2 Å². The lowest BCUT2D eigenvalue weighted by Crippen LogP contribution is -2.01. The highest BCUT2D eigenvalue weighted by molar-refractivity contribution is 9.10. The molecule has 0 saturated carbocycles. The lowest BCUT2D eigenvalue weighted by atomic mass is 10.1. The number of methoxy groups -OCH3 is 2. The van der Waals surface area contributed by atoms with Crippen molar-refractivity contribution < 1.29 is 9.47 Å². The molecule has 1 rings (SSSR count). The number of ether oxygens (including phenoxy) is 2. The van der Waals surface area contributed by atoms with Gasteiger partial charge in [0.1, 0.15) is 11.5 Å². The molecule has 2 N–H and O–H groups in total. The summed E-state index contributed by atoms with van der Waals surface area (Å²) in [5.74, 6) is 1.73. The predicted molar refractivity (Wildman–Crippen MR) is 69.2 cm³/mol. The highest BCUT2D eigenvalue weighted by Gasteiger charge is 2.11. The normalized spacial score (nSPS) is 10.2. The van der Waals surface area contributed by atoms with Crippen molar-refractivity contribution in [3.8, 4) is 11.5 Å². The van der Waals surface area contributed by atoms with Gasteiger partial charge >= 0.3 is 0 Å². The number of benzene rings is 1. The van der Waals surface area contributed by atoms with E-state index in [1.165, 1.54) is 0 Å². The molecule has 3 nitrogen and oxygen atoms in total. The molecule has 1 aromatic rings. The average molecular weight is 288 g/mol. The Kier molecular flexibility index (Phi) is 5.63. The molecule has 1 aromatic carbocycles. The number of halogens is 1. The van der Waals surface area contributed by atoms with Crippen LogP contribution in [0.5, 0.6) is 11.5 Å². The molecule has 16 heavy (non-hydrogen) atoms. The van der Waals surface area contributed by atoms with Crippen molar-refractivity contribution >= 4 is 15.9 Å². The number of unbranched alkanes of at least 4 members (excludes halogenated alkanes) is 1. The molecule has 0 bridgehead atoms. The van der Waals surface area contributed by atoms with E-state index in [9.17, 15) is 0 Å². The van der Waals surface area contributed by atoms with E-state index < -0.39 is 0 Å². The van der Waals surface area contributed by atoms with E-state index in [-0.39, 0.29) is 0 Å². The fourth-order valence-electron chi connectivity index (χ4n) is 1.61. The van der Waals surface area contributed by atoms with Crippen LogP contribution in [0.2, 0.25) is 0 Å². The van der Waals surface area contributed by atoms with Crippen LogP contribution >= 0.6 is 15.9 Å². The molecule has 0 fully saturated rings. The minimum absolute atomic E-state index is 0.726. The fraction of sp³-hybridized carbons (Fsp3) is 0.500. The number of rotatable bonds is 6. The Hall–Kier alpha value is -0.740. The van der Waals surface area contributed by atoms with Gasteiger partial charge < -0.3 is 15.2 Å². The maximum atomic E-state index is 5.49. The summed E-state index contributed by atoms with van der Waals surface area (Å²) in [5.41, 5.74) is 6.64. The molecule has 0 saturated heterocycles. The van der Waals surface area contributed by atoms with Crippen molar-refractivity contribution in [1.29, 1.82) is 0 Å². The molecule has 0 unspecified atom stereocenters. The summed E-state index contributed by atoms with van der Waals surface area (Å²) < 4.78 is 11.6. The Labute approximate surface area is 105 Å². The molecule has 4 heteroatoms. The predicted octanol–water partition coefficient (Wildman–Crippen LogP) is 2.75. The fourth-order valence-corrected chi connectivity index (χ4v) is 2.30. The van der Waals surface area contributed by atoms with Gasteiger partial charge in [0.25, 0.3) is 0 Å². The minimum Gasteiger partial charge on any atom is -0.496 e. The highest BCUT2D eigenvalue weighted by Crippen LogP contribution is 2.35. The van der Waals surface area contributed by atoms with Crippen LogP contribution in [0, 0.1) is 0 Å². The summed E-state index contributed by atoms with van der Waals surface area (Å²) in [6.07, 6.45) is 3.02. The van der Waals surface area contributed by atoms with E-state index in [2.05, 4.69) is 15.9 Å². The largest absolute Gasteiger partial charge is 0.496 e. The molecule has 90 valence electrons. The smallest absolute Gasteiger partial charge is 0.133 e. The van der Waals surface area contributed by atoms with Crippen LogP contribution in [0.15, 0.2) is 16.6 Å². The topological polar surface area (TPSA) is 44.5 Å². The first-order valence-electron chi connectivity index (χ1n) is 5.34. The summed E-state index contributed by atoms with van der Waals surface area (Å²) in [7, 11) is 3.34. The first-order chi connectivity index (χ1) is 7.74. The molecular formula is C12H18BrNO2. The van der Waals surface area contributed by atoms with Gasteiger partial charge in [0.05, 0.1) is 18.7 Å². The van der Waals surface area contributed by atoms with Crippen molar-refractivity contribution in [2.45, 2.75) is 19.3 Å². The van der Waals surface area contributed by atoms with E-state index in [1.807, 2.05) is 12.1 Å². The van der Waals surface area contributed by atoms with Crippen molar-refractivity contribution in [1.82, 2.24) is 0 Å². The summed E-state index contributed by atoms with van der Waals surface area (Å²) in [5, 5.41) is 0. The van der Waals surface area contributed by atoms with Crippen LogP contribution in [-0.2, 0) is 6.42 Å². The van der Waals surface area contributed by atoms with Gasteiger partial charge in [0, 0.05) is 5.56 Å². The van der Waals surface area contributed by atoms with Gasteiger partial charge in [0.2, 0.25) is 0 Å². The molecule has 0 atom stereocenters. The summed E-state index contributed by atoms with van der Waals surface area (Å²) in [4.78, 5) is 0. The molecular weight excluding hydrogens is 270 g/mol. The third-order valence-corrected chi connectivity index (χ3v) is 3.35. The van der Waals surface area contributed by atoms with Gasteiger partial charge in [-0.25, -0.2) is 0 Å². The van der Waals surface area contributed by atoms with E-state index in [1.54, 1.807) is 14.2 Å². The van der Waals surface area contributed by atoms with Gasteiger partial charge in [-0.15, -0.1) is 0 Å². The Morgan fingerprint density at radius 3 is 2.31 bits per heavy atom. The van der Waals surface area contributed by atoms with Gasteiger partial charge in [0.15, 0.2) is 0 Å². The van der Waals surface area contributed by atoms with Gasteiger partial charge in [-0.2, -0.15) is 0 Å². The van der Waals surface area contributed by atoms with E-state index >= 15 is 0 Å². The number of hydrogen-bond acceptors (Lipinski definition) is 3. The zero-order chi connectivity index (χ0) is 12.0. The molecule has 0 aliphatic carbocycles. The van der Waals surface area contributed by atoms with Gasteiger partial charge in [-0.05, 0) is 53.9 Å². The zero-order valence-corrected chi connectivity index (χ0v) is 11.3. The van der Waals surface area contributed by atoms with E-state index in [0.29, 0.717) is 0 Å². The molecule has 0 aliphatic rings. The summed E-state index contributed by atoms with van der Waals surface area (Å²) >= 11 is 3.55. The Bertz CT molecular complexity index is 342. The second-order valence-electron chi connectivity index (χ2n) is 3.51. The van der Waals surface area contributed by atoms with Crippen LogP contribution in [0.1, 0.15) is 18.4 Å². The first kappa shape index (κ1) is 13.3. The molecule has 0 amide bonds. The average Bonchev–Trinajstić information content (AvgIpc) is 2.31. The minimum atomic E-state index is 0.726. The number of nitrogens with two attached hydrogens (primary N) is 1. The molecule has 0 spiro atoms. The maximum absolute atomic E-state index is 5.49. The first-order valence-corrected chi connectivity index (χ1v) is 6.13. The second kappa shape index (κ2) is 6.76. The quantitative estimate of drug-likeness (QED) is 0.819. The summed E-state index contributed by atoms with van der Waals surface area (Å²) in [6, 6.07) is 3.83. The lowest BCUT2D eigenvalue weighted by Gasteiger charge is -2.13. The lowest BCUT2D eigenvalue weighted by molar-refractivity contribution is 0.396. The molecule has 0 aliphatic heterocycles. The van der Waals surface area contributed by atoms with Crippen LogP contribution in [0.25, 0.3) is 0 Å². The van der Waals surface area contributed by atoms with Crippen molar-refractivity contribution in [2.24, 2.45) is 5.73 Å². The third-order valence-electron chi connectivity index (χ3n) is 2.49.